The molecule has 1 aliphatic carbocycles. The Balaban J connectivity index is 2.30. The predicted octanol–water partition coefficient (Wildman–Crippen LogP) is 1.88. The van der Waals surface area contributed by atoms with Gasteiger partial charge in [-0.1, -0.05) is 6.92 Å². The van der Waals surface area contributed by atoms with Crippen LogP contribution in [0.2, 0.25) is 0 Å². The second kappa shape index (κ2) is 7.25. The van der Waals surface area contributed by atoms with E-state index in [0.29, 0.717) is 12.1 Å². The summed E-state index contributed by atoms with van der Waals surface area (Å²) in [6, 6.07) is 1.11. The zero-order chi connectivity index (χ0) is 14.5. The minimum absolute atomic E-state index is 0.212. The van der Waals surface area contributed by atoms with Crippen LogP contribution in [-0.4, -0.2) is 41.5 Å². The molecule has 0 spiro atoms. The average Bonchev–Trinajstić information content (AvgIpc) is 3.12. The summed E-state index contributed by atoms with van der Waals surface area (Å²) >= 11 is 0. The molecule has 0 saturated heterocycles. The van der Waals surface area contributed by atoms with Gasteiger partial charge in [-0.2, -0.15) is 0 Å². The molecule has 0 aromatic rings. The first kappa shape index (κ1) is 16.4. The average molecular weight is 269 g/mol. The topological polar surface area (TPSA) is 58.4 Å². The van der Waals surface area contributed by atoms with Gasteiger partial charge in [0.1, 0.15) is 0 Å². The smallest absolute Gasteiger partial charge is 0.237 e. The summed E-state index contributed by atoms with van der Waals surface area (Å²) in [6.07, 6.45) is 5.37. The number of nitrogens with two attached hydrogens (primary N) is 1. The highest BCUT2D eigenvalue weighted by atomic mass is 16.1. The molecule has 1 amide bonds. The molecule has 1 fully saturated rings. The standard InChI is InChI=1S/C15H31N3O/c1-5-18(12(2)3)11-7-6-10-15(4,14(16)19)17-13-8-9-13/h12-13,17H,5-11H2,1-4H3,(H2,16,19). The molecule has 1 aliphatic rings. The molecule has 4 heteroatoms. The first-order valence-electron chi connectivity index (χ1n) is 7.70. The number of nitrogens with zero attached hydrogens (tertiary/aromatic N) is 1. The highest BCUT2D eigenvalue weighted by Crippen LogP contribution is 2.25. The summed E-state index contributed by atoms with van der Waals surface area (Å²) in [7, 11) is 0. The van der Waals surface area contributed by atoms with Crippen molar-refractivity contribution in [1.29, 1.82) is 0 Å². The summed E-state index contributed by atoms with van der Waals surface area (Å²) < 4.78 is 0. The lowest BCUT2D eigenvalue weighted by atomic mass is 9.93. The lowest BCUT2D eigenvalue weighted by molar-refractivity contribution is -0.124. The molecule has 0 heterocycles. The van der Waals surface area contributed by atoms with Crippen molar-refractivity contribution in [2.75, 3.05) is 13.1 Å². The SMILES string of the molecule is CCN(CCCCC(C)(NC1CC1)C(N)=O)C(C)C. The largest absolute Gasteiger partial charge is 0.368 e. The Morgan fingerprint density at radius 2 is 2.05 bits per heavy atom. The second-order valence-corrected chi connectivity index (χ2v) is 6.29. The lowest BCUT2D eigenvalue weighted by Gasteiger charge is -2.29. The normalized spacial score (nSPS) is 18.8. The number of hydrogen-bond donors (Lipinski definition) is 2. The van der Waals surface area contributed by atoms with E-state index in [1.54, 1.807) is 0 Å². The van der Waals surface area contributed by atoms with E-state index < -0.39 is 5.54 Å². The number of nitrogens with one attached hydrogen (secondary N) is 1. The molecular weight excluding hydrogens is 238 g/mol. The summed E-state index contributed by atoms with van der Waals surface area (Å²) in [5, 5.41) is 3.40. The molecule has 1 saturated carbocycles. The molecule has 0 aromatic carbocycles. The van der Waals surface area contributed by atoms with Gasteiger partial charge in [-0.15, -0.1) is 0 Å². The van der Waals surface area contributed by atoms with E-state index in [4.69, 9.17) is 5.73 Å². The van der Waals surface area contributed by atoms with E-state index in [-0.39, 0.29) is 5.91 Å². The van der Waals surface area contributed by atoms with Gasteiger partial charge in [0, 0.05) is 12.1 Å². The van der Waals surface area contributed by atoms with Crippen molar-refractivity contribution >= 4 is 5.91 Å². The third kappa shape index (κ3) is 5.49. The molecule has 1 atom stereocenters. The summed E-state index contributed by atoms with van der Waals surface area (Å²) in [5.41, 5.74) is 5.03. The van der Waals surface area contributed by atoms with Crippen LogP contribution in [0.5, 0.6) is 0 Å². The van der Waals surface area contributed by atoms with Crippen LogP contribution >= 0.6 is 0 Å². The fourth-order valence-corrected chi connectivity index (χ4v) is 2.52. The maximum atomic E-state index is 11.6. The van der Waals surface area contributed by atoms with Crippen LogP contribution in [0.3, 0.4) is 0 Å². The number of primary amides is 1. The van der Waals surface area contributed by atoms with Crippen LogP contribution in [0.1, 0.15) is 59.8 Å². The molecule has 19 heavy (non-hydrogen) atoms. The van der Waals surface area contributed by atoms with Crippen LogP contribution in [0.15, 0.2) is 0 Å². The van der Waals surface area contributed by atoms with Crippen LogP contribution in [0.4, 0.5) is 0 Å². The maximum Gasteiger partial charge on any atom is 0.237 e. The Kier molecular flexibility index (Phi) is 6.27. The third-order valence-electron chi connectivity index (χ3n) is 4.15. The van der Waals surface area contributed by atoms with Crippen molar-refractivity contribution in [2.45, 2.75) is 77.4 Å². The van der Waals surface area contributed by atoms with Gasteiger partial charge >= 0.3 is 0 Å². The molecule has 4 nitrogen and oxygen atoms in total. The highest BCUT2D eigenvalue weighted by Gasteiger charge is 2.36. The molecule has 1 unspecified atom stereocenters. The van der Waals surface area contributed by atoms with E-state index in [1.807, 2.05) is 6.92 Å². The van der Waals surface area contributed by atoms with Crippen molar-refractivity contribution in [3.8, 4) is 0 Å². The van der Waals surface area contributed by atoms with Gasteiger partial charge in [0.25, 0.3) is 0 Å². The second-order valence-electron chi connectivity index (χ2n) is 6.29. The van der Waals surface area contributed by atoms with E-state index in [2.05, 4.69) is 31.0 Å². The fourth-order valence-electron chi connectivity index (χ4n) is 2.52. The van der Waals surface area contributed by atoms with Crippen LogP contribution < -0.4 is 11.1 Å². The number of amides is 1. The monoisotopic (exact) mass is 269 g/mol. The summed E-state index contributed by atoms with van der Waals surface area (Å²) in [5.74, 6) is -0.212. The lowest BCUT2D eigenvalue weighted by Crippen LogP contribution is -2.54. The van der Waals surface area contributed by atoms with Crippen molar-refractivity contribution in [3.05, 3.63) is 0 Å². The minimum atomic E-state index is -0.518. The minimum Gasteiger partial charge on any atom is -0.368 e. The van der Waals surface area contributed by atoms with Gasteiger partial charge in [-0.25, -0.2) is 0 Å². The summed E-state index contributed by atoms with van der Waals surface area (Å²) in [6.45, 7) is 10.8. The van der Waals surface area contributed by atoms with Crippen molar-refractivity contribution in [2.24, 2.45) is 5.73 Å². The Morgan fingerprint density at radius 1 is 1.42 bits per heavy atom. The van der Waals surface area contributed by atoms with Gasteiger partial charge in [0.15, 0.2) is 0 Å². The van der Waals surface area contributed by atoms with E-state index in [9.17, 15) is 4.79 Å². The quantitative estimate of drug-likeness (QED) is 0.595. The van der Waals surface area contributed by atoms with Gasteiger partial charge in [0.2, 0.25) is 5.91 Å². The van der Waals surface area contributed by atoms with Gasteiger partial charge < -0.3 is 16.0 Å². The Bertz CT molecular complexity index is 289. The number of rotatable bonds is 10. The van der Waals surface area contributed by atoms with Gasteiger partial charge in [0.05, 0.1) is 5.54 Å². The highest BCUT2D eigenvalue weighted by molar-refractivity contribution is 5.84. The Hall–Kier alpha value is -0.610. The first-order chi connectivity index (χ1) is 8.89. The molecule has 0 bridgehead atoms. The fraction of sp³-hybridized carbons (Fsp3) is 0.933. The Labute approximate surface area is 118 Å². The van der Waals surface area contributed by atoms with Crippen molar-refractivity contribution < 1.29 is 4.79 Å². The molecular formula is C15H31N3O. The molecule has 0 aliphatic heterocycles. The Morgan fingerprint density at radius 3 is 2.47 bits per heavy atom. The third-order valence-corrected chi connectivity index (χ3v) is 4.15. The molecule has 0 aromatic heterocycles. The summed E-state index contributed by atoms with van der Waals surface area (Å²) in [4.78, 5) is 14.1. The molecule has 3 N–H and O–H groups in total. The molecule has 112 valence electrons. The zero-order valence-electron chi connectivity index (χ0n) is 13.0. The van der Waals surface area contributed by atoms with Crippen LogP contribution in [0.25, 0.3) is 0 Å². The van der Waals surface area contributed by atoms with Crippen LogP contribution in [-0.2, 0) is 4.79 Å². The zero-order valence-corrected chi connectivity index (χ0v) is 13.0. The molecule has 1 rings (SSSR count). The van der Waals surface area contributed by atoms with Gasteiger partial charge in [-0.05, 0) is 66.0 Å². The first-order valence-corrected chi connectivity index (χ1v) is 7.70. The van der Waals surface area contributed by atoms with E-state index >= 15 is 0 Å². The van der Waals surface area contributed by atoms with Crippen LogP contribution in [0, 0.1) is 0 Å². The van der Waals surface area contributed by atoms with Gasteiger partial charge in [-0.3, -0.25) is 4.79 Å². The number of carbonyl (C=O) groups is 1. The predicted molar refractivity (Wildman–Crippen MR) is 80.0 cm³/mol. The maximum absolute atomic E-state index is 11.6. The van der Waals surface area contributed by atoms with Crippen molar-refractivity contribution in [3.63, 3.8) is 0 Å². The van der Waals surface area contributed by atoms with Crippen molar-refractivity contribution in [1.82, 2.24) is 10.2 Å². The number of hydrogen-bond acceptors (Lipinski definition) is 3. The number of carbonyl (C=O) groups excluding carboxylic acids is 1. The van der Waals surface area contributed by atoms with E-state index in [0.717, 1.165) is 32.4 Å². The number of unbranched alkanes of at least 4 members (excludes halogenated alkanes) is 1. The molecule has 0 radical (unpaired) electrons. The van der Waals surface area contributed by atoms with E-state index in [1.165, 1.54) is 12.8 Å².